The van der Waals surface area contributed by atoms with Crippen molar-refractivity contribution in [2.45, 2.75) is 51.4 Å². The minimum atomic E-state index is -4.46. The quantitative estimate of drug-likeness (QED) is 0.0781. The molecule has 0 bridgehead atoms. The van der Waals surface area contributed by atoms with Crippen molar-refractivity contribution in [3.8, 4) is 23.0 Å². The van der Waals surface area contributed by atoms with E-state index in [9.17, 15) is 55.9 Å². The molecule has 0 amide bonds. The Morgan fingerprint density at radius 3 is 1.31 bits per heavy atom. The maximum atomic E-state index is 12.8. The highest BCUT2D eigenvalue weighted by Gasteiger charge is 2.37. The van der Waals surface area contributed by atoms with Crippen LogP contribution in [-0.2, 0) is 63.2 Å². The second-order valence-corrected chi connectivity index (χ2v) is 13.9. The van der Waals surface area contributed by atoms with Crippen molar-refractivity contribution in [1.29, 1.82) is 0 Å². The van der Waals surface area contributed by atoms with E-state index in [0.717, 1.165) is 35.4 Å². The number of benzene rings is 4. The van der Waals surface area contributed by atoms with Crippen molar-refractivity contribution >= 4 is 48.5 Å². The Labute approximate surface area is 380 Å². The lowest BCUT2D eigenvalue weighted by Gasteiger charge is -2.09. The Bertz CT molecular complexity index is 2510. The molecule has 4 aliphatic rings. The van der Waals surface area contributed by atoms with Gasteiger partial charge in [-0.05, 0) is 98.1 Å². The molecular formula is C44H36F4O20. The Hall–Kier alpha value is -8.44. The van der Waals surface area contributed by atoms with Crippen LogP contribution < -0.4 is 18.9 Å². The molecule has 4 atom stereocenters. The van der Waals surface area contributed by atoms with Crippen LogP contribution >= 0.6 is 0 Å². The number of hydrogen-bond donors (Lipinski definition) is 0. The van der Waals surface area contributed by atoms with E-state index in [1.165, 1.54) is 18.2 Å². The van der Waals surface area contributed by atoms with Gasteiger partial charge in [0.2, 0.25) is 24.4 Å². The average Bonchev–Trinajstić information content (AvgIpc) is 4.12. The molecular weight excluding hydrogens is 924 g/mol. The van der Waals surface area contributed by atoms with E-state index in [4.69, 9.17) is 18.9 Å². The summed E-state index contributed by atoms with van der Waals surface area (Å²) in [6, 6.07) is 21.4. The summed E-state index contributed by atoms with van der Waals surface area (Å²) in [5.41, 5.74) is 1.43. The fraction of sp³-hybridized carbons (Fsp3) is 0.273. The lowest BCUT2D eigenvalue weighted by atomic mass is 10.2. The van der Waals surface area contributed by atoms with E-state index >= 15 is 0 Å². The van der Waals surface area contributed by atoms with Crippen LogP contribution in [-0.4, -0.2) is 99.3 Å². The van der Waals surface area contributed by atoms with E-state index in [1.807, 2.05) is 32.0 Å². The minimum absolute atomic E-state index is 0.0825. The molecule has 4 heterocycles. The number of esters is 4. The number of rotatable bonds is 8. The van der Waals surface area contributed by atoms with Crippen LogP contribution in [0.25, 0.3) is 0 Å². The molecule has 4 aromatic rings. The molecule has 0 aromatic heterocycles. The second kappa shape index (κ2) is 23.1. The zero-order valence-electron chi connectivity index (χ0n) is 35.5. The van der Waals surface area contributed by atoms with E-state index in [-0.39, 0.29) is 37.9 Å². The molecule has 0 radical (unpaired) electrons. The number of para-hydroxylation sites is 1. The van der Waals surface area contributed by atoms with Crippen molar-refractivity contribution in [1.82, 2.24) is 0 Å². The molecule has 0 saturated carbocycles. The lowest BCUT2D eigenvalue weighted by molar-refractivity contribution is -0.142. The van der Waals surface area contributed by atoms with Crippen LogP contribution in [0.3, 0.4) is 0 Å². The van der Waals surface area contributed by atoms with Gasteiger partial charge in [-0.15, -0.1) is 0 Å². The molecule has 4 fully saturated rings. The summed E-state index contributed by atoms with van der Waals surface area (Å²) >= 11 is 0. The average molecular weight is 961 g/mol. The fourth-order valence-electron chi connectivity index (χ4n) is 5.28. The first kappa shape index (κ1) is 50.6. The third-order valence-corrected chi connectivity index (χ3v) is 8.68. The predicted octanol–water partition coefficient (Wildman–Crippen LogP) is 6.59. The van der Waals surface area contributed by atoms with Crippen LogP contribution in [0.2, 0.25) is 0 Å². The van der Waals surface area contributed by atoms with E-state index in [0.29, 0.717) is 17.1 Å². The number of carbonyl (C=O) groups is 8. The fourth-order valence-corrected chi connectivity index (χ4v) is 5.28. The first-order valence-corrected chi connectivity index (χ1v) is 19.5. The van der Waals surface area contributed by atoms with Crippen LogP contribution in [0.1, 0.15) is 22.3 Å². The predicted molar refractivity (Wildman–Crippen MR) is 212 cm³/mol. The van der Waals surface area contributed by atoms with Gasteiger partial charge in [-0.2, -0.15) is 13.2 Å². The molecule has 24 heteroatoms. The number of alkyl halides is 3. The van der Waals surface area contributed by atoms with Crippen LogP contribution in [0.4, 0.5) is 36.7 Å². The highest BCUT2D eigenvalue weighted by atomic mass is 19.4. The molecule has 360 valence electrons. The topological polar surface area (TPSA) is 247 Å². The first-order chi connectivity index (χ1) is 32.2. The van der Waals surface area contributed by atoms with Crippen LogP contribution in [0.15, 0.2) is 91.0 Å². The first-order valence-electron chi connectivity index (χ1n) is 19.5. The van der Waals surface area contributed by atoms with Gasteiger partial charge in [0, 0.05) is 0 Å². The summed E-state index contributed by atoms with van der Waals surface area (Å²) in [5.74, 6) is -2.31. The van der Waals surface area contributed by atoms with Gasteiger partial charge in [-0.3, -0.25) is 0 Å². The third-order valence-electron chi connectivity index (χ3n) is 8.68. The largest absolute Gasteiger partial charge is 0.509 e. The van der Waals surface area contributed by atoms with E-state index in [1.54, 1.807) is 37.3 Å². The Balaban J connectivity index is 0.000000170. The number of aryl methyl sites for hydroxylation is 3. The van der Waals surface area contributed by atoms with Crippen molar-refractivity contribution in [3.05, 3.63) is 119 Å². The van der Waals surface area contributed by atoms with E-state index in [2.05, 4.69) is 37.9 Å². The highest BCUT2D eigenvalue weighted by Crippen LogP contribution is 2.30. The number of ether oxygens (including phenoxy) is 12. The van der Waals surface area contributed by atoms with Crippen molar-refractivity contribution in [2.24, 2.45) is 0 Å². The van der Waals surface area contributed by atoms with Crippen molar-refractivity contribution in [2.75, 3.05) is 26.4 Å². The number of cyclic esters (lactones) is 8. The summed E-state index contributed by atoms with van der Waals surface area (Å²) in [4.78, 5) is 88.4. The van der Waals surface area contributed by atoms with Gasteiger partial charge in [0.25, 0.3) is 0 Å². The molecule has 8 rings (SSSR count). The standard InChI is InChI=1S/C11H7F3O5.C11H9FO5.2C11H10O5/c12-11(13,14)6-1-3-7(4-2-6)18-9(15)8-5-17-10(16)19-8;1-6-4-7(12)2-3-8(6)16-10(13)9-5-15-11(14)17-9;1-7-3-2-4-8(5-7)15-10(12)9-6-14-11(13)16-9;1-7-4-2-3-5-8(7)15-10(12)9-6-14-11(13)16-9/h1-4,8H,5H2;2-4,9H,5H2,1H3;2*2-5,9H,6H2,1H3. The van der Waals surface area contributed by atoms with Gasteiger partial charge in [0.1, 0.15) is 55.2 Å². The molecule has 4 unspecified atom stereocenters. The zero-order chi connectivity index (χ0) is 49.5. The van der Waals surface area contributed by atoms with E-state index < -0.39 is 90.5 Å². The third kappa shape index (κ3) is 15.3. The lowest BCUT2D eigenvalue weighted by Crippen LogP contribution is -2.28. The molecule has 4 aromatic carbocycles. The van der Waals surface area contributed by atoms with Gasteiger partial charge in [-0.25, -0.2) is 42.7 Å². The van der Waals surface area contributed by atoms with Crippen LogP contribution in [0, 0.1) is 26.6 Å². The van der Waals surface area contributed by atoms with Crippen molar-refractivity contribution in [3.63, 3.8) is 0 Å². The van der Waals surface area contributed by atoms with Gasteiger partial charge in [0.15, 0.2) is 0 Å². The summed E-state index contributed by atoms with van der Waals surface area (Å²) < 4.78 is 106. The summed E-state index contributed by atoms with van der Waals surface area (Å²) in [5, 5.41) is 0. The molecule has 68 heavy (non-hydrogen) atoms. The summed E-state index contributed by atoms with van der Waals surface area (Å²) in [6.07, 6.45) is -12.2. The number of hydrogen-bond acceptors (Lipinski definition) is 20. The Morgan fingerprint density at radius 2 is 0.912 bits per heavy atom. The molecule has 4 saturated heterocycles. The van der Waals surface area contributed by atoms with Gasteiger partial charge >= 0.3 is 54.7 Å². The molecule has 0 spiro atoms. The molecule has 0 aliphatic carbocycles. The number of halogens is 4. The van der Waals surface area contributed by atoms with Gasteiger partial charge in [-0.1, -0.05) is 30.3 Å². The summed E-state index contributed by atoms with van der Waals surface area (Å²) in [6.45, 7) is 4.67. The van der Waals surface area contributed by atoms with Gasteiger partial charge in [0.05, 0.1) is 5.56 Å². The summed E-state index contributed by atoms with van der Waals surface area (Å²) in [7, 11) is 0. The number of carbonyl (C=O) groups excluding carboxylic acids is 8. The Kier molecular flexibility index (Phi) is 17.2. The monoisotopic (exact) mass is 960 g/mol. The molecule has 0 N–H and O–H groups in total. The van der Waals surface area contributed by atoms with Gasteiger partial charge < -0.3 is 56.8 Å². The molecule has 20 nitrogen and oxygen atoms in total. The second-order valence-electron chi connectivity index (χ2n) is 13.9. The highest BCUT2D eigenvalue weighted by molar-refractivity contribution is 5.83. The Morgan fingerprint density at radius 1 is 0.485 bits per heavy atom. The molecule has 4 aliphatic heterocycles. The minimum Gasteiger partial charge on any atom is -0.430 e. The zero-order valence-corrected chi connectivity index (χ0v) is 35.5. The normalized spacial score (nSPS) is 18.7. The van der Waals surface area contributed by atoms with Crippen LogP contribution in [0.5, 0.6) is 23.0 Å². The smallest absolute Gasteiger partial charge is 0.430 e. The van der Waals surface area contributed by atoms with Crippen molar-refractivity contribution < 1.29 is 113 Å². The SMILES string of the molecule is Cc1cc(F)ccc1OC(=O)C1COC(=O)O1.Cc1cccc(OC(=O)C2COC(=O)O2)c1.Cc1ccccc1OC(=O)C1COC(=O)O1.O=C1OCC(C(=O)Oc2ccc(C(F)(F)F)cc2)O1. The maximum Gasteiger partial charge on any atom is 0.509 e. The maximum absolute atomic E-state index is 12.8.